The maximum absolute atomic E-state index is 13.0. The van der Waals surface area contributed by atoms with E-state index in [9.17, 15) is 4.79 Å². The van der Waals surface area contributed by atoms with Crippen LogP contribution in [0, 0.1) is 6.92 Å². The summed E-state index contributed by atoms with van der Waals surface area (Å²) in [6.45, 7) is 3.71. The molecule has 1 heterocycles. The third kappa shape index (κ3) is 3.61. The van der Waals surface area contributed by atoms with Crippen LogP contribution >= 0.6 is 0 Å². The summed E-state index contributed by atoms with van der Waals surface area (Å²) in [6.07, 6.45) is 0.638. The molecule has 0 aliphatic rings. The summed E-state index contributed by atoms with van der Waals surface area (Å²) >= 11 is 0. The Kier molecular flexibility index (Phi) is 5.37. The highest BCUT2D eigenvalue weighted by atomic mass is 16.5. The summed E-state index contributed by atoms with van der Waals surface area (Å²) in [5.41, 5.74) is 3.15. The predicted molar refractivity (Wildman–Crippen MR) is 99.4 cm³/mol. The fraction of sp³-hybridized carbons (Fsp3) is 0.238. The number of aromatic nitrogens is 1. The lowest BCUT2D eigenvalue weighted by atomic mass is 9.98. The number of hydrogen-bond acceptors (Lipinski definition) is 4. The van der Waals surface area contributed by atoms with Crippen LogP contribution < -0.4 is 10.1 Å². The van der Waals surface area contributed by atoms with Crippen molar-refractivity contribution in [3.8, 4) is 5.75 Å². The van der Waals surface area contributed by atoms with Crippen LogP contribution in [0.5, 0.6) is 5.75 Å². The molecule has 1 amide bonds. The van der Waals surface area contributed by atoms with Crippen LogP contribution in [-0.2, 0) is 6.42 Å². The second-order valence-electron chi connectivity index (χ2n) is 6.00. The first-order chi connectivity index (χ1) is 12.6. The number of carbonyl (C=O) groups excluding carboxylic acids is 1. The summed E-state index contributed by atoms with van der Waals surface area (Å²) in [5, 5.41) is 7.10. The number of ether oxygens (including phenoxy) is 1. The minimum Gasteiger partial charge on any atom is -0.497 e. The summed E-state index contributed by atoms with van der Waals surface area (Å²) < 4.78 is 10.4. The third-order valence-electron chi connectivity index (χ3n) is 4.35. The molecule has 2 aromatic carbocycles. The lowest BCUT2D eigenvalue weighted by Crippen LogP contribution is -2.30. The van der Waals surface area contributed by atoms with Gasteiger partial charge in [0.25, 0.3) is 5.91 Å². The van der Waals surface area contributed by atoms with Crippen LogP contribution in [0.2, 0.25) is 0 Å². The van der Waals surface area contributed by atoms with E-state index in [2.05, 4.69) is 10.5 Å². The van der Waals surface area contributed by atoms with Crippen molar-refractivity contribution in [3.63, 3.8) is 0 Å². The van der Waals surface area contributed by atoms with Crippen LogP contribution in [0.15, 0.2) is 59.1 Å². The van der Waals surface area contributed by atoms with Crippen molar-refractivity contribution in [2.75, 3.05) is 7.11 Å². The van der Waals surface area contributed by atoms with E-state index < -0.39 is 0 Å². The standard InChI is InChI=1S/C21H22N2O3/c1-4-18-19(14(2)26-23-18)21(24)22-20(15-8-6-5-7-9-15)16-10-12-17(25-3)13-11-16/h5-13,20H,4H2,1-3H3,(H,22,24). The first-order valence-corrected chi connectivity index (χ1v) is 8.59. The summed E-state index contributed by atoms with van der Waals surface area (Å²) in [6, 6.07) is 17.3. The number of rotatable bonds is 6. The van der Waals surface area contributed by atoms with E-state index in [1.54, 1.807) is 14.0 Å². The van der Waals surface area contributed by atoms with Crippen molar-refractivity contribution in [3.05, 3.63) is 82.7 Å². The van der Waals surface area contributed by atoms with Gasteiger partial charge < -0.3 is 14.6 Å². The molecule has 0 saturated carbocycles. The third-order valence-corrected chi connectivity index (χ3v) is 4.35. The van der Waals surface area contributed by atoms with Crippen molar-refractivity contribution < 1.29 is 14.1 Å². The maximum atomic E-state index is 13.0. The average molecular weight is 350 g/mol. The number of benzene rings is 2. The van der Waals surface area contributed by atoms with Crippen LogP contribution in [0.1, 0.15) is 45.9 Å². The number of hydrogen-bond donors (Lipinski definition) is 1. The predicted octanol–water partition coefficient (Wildman–Crippen LogP) is 4.07. The molecule has 3 rings (SSSR count). The van der Waals surface area contributed by atoms with Gasteiger partial charge in [0.05, 0.1) is 18.8 Å². The minimum absolute atomic E-state index is 0.190. The van der Waals surface area contributed by atoms with Crippen LogP contribution in [0.3, 0.4) is 0 Å². The maximum Gasteiger partial charge on any atom is 0.257 e. The molecule has 0 fully saturated rings. The molecule has 1 aromatic heterocycles. The largest absolute Gasteiger partial charge is 0.497 e. The SMILES string of the molecule is CCc1noc(C)c1C(=O)NC(c1ccccc1)c1ccc(OC)cc1. The van der Waals surface area contributed by atoms with Crippen LogP contribution in [0.25, 0.3) is 0 Å². The van der Waals surface area contributed by atoms with Crippen molar-refractivity contribution in [1.82, 2.24) is 10.5 Å². The van der Waals surface area contributed by atoms with E-state index in [1.165, 1.54) is 0 Å². The molecule has 0 saturated heterocycles. The molecule has 134 valence electrons. The second kappa shape index (κ2) is 7.87. The zero-order chi connectivity index (χ0) is 18.5. The fourth-order valence-electron chi connectivity index (χ4n) is 2.95. The van der Waals surface area contributed by atoms with Gasteiger partial charge in [-0.1, -0.05) is 54.5 Å². The Morgan fingerprint density at radius 2 is 1.77 bits per heavy atom. The summed E-state index contributed by atoms with van der Waals surface area (Å²) in [4.78, 5) is 13.0. The van der Waals surface area contributed by atoms with Crippen molar-refractivity contribution in [2.24, 2.45) is 0 Å². The van der Waals surface area contributed by atoms with Gasteiger partial charge in [0.2, 0.25) is 0 Å². The quantitative estimate of drug-likeness (QED) is 0.728. The topological polar surface area (TPSA) is 64.4 Å². The molecule has 1 atom stereocenters. The van der Waals surface area contributed by atoms with Gasteiger partial charge >= 0.3 is 0 Å². The fourth-order valence-corrected chi connectivity index (χ4v) is 2.95. The highest BCUT2D eigenvalue weighted by Gasteiger charge is 2.23. The lowest BCUT2D eigenvalue weighted by molar-refractivity contribution is 0.0940. The van der Waals surface area contributed by atoms with E-state index in [-0.39, 0.29) is 11.9 Å². The van der Waals surface area contributed by atoms with Crippen LogP contribution in [0.4, 0.5) is 0 Å². The number of aryl methyl sites for hydroxylation is 2. The highest BCUT2D eigenvalue weighted by Crippen LogP contribution is 2.25. The van der Waals surface area contributed by atoms with Gasteiger partial charge in [-0.05, 0) is 36.6 Å². The molecule has 5 nitrogen and oxygen atoms in total. The zero-order valence-corrected chi connectivity index (χ0v) is 15.2. The molecule has 0 radical (unpaired) electrons. The molecule has 3 aromatic rings. The number of amides is 1. The van der Waals surface area contributed by atoms with Crippen molar-refractivity contribution in [2.45, 2.75) is 26.3 Å². The molecule has 0 aliphatic carbocycles. The van der Waals surface area contributed by atoms with Gasteiger partial charge in [-0.2, -0.15) is 0 Å². The summed E-state index contributed by atoms with van der Waals surface area (Å²) in [5.74, 6) is 1.11. The number of carbonyl (C=O) groups is 1. The van der Waals surface area contributed by atoms with Gasteiger partial charge in [-0.25, -0.2) is 0 Å². The Bertz CT molecular complexity index is 870. The van der Waals surface area contributed by atoms with Crippen molar-refractivity contribution >= 4 is 5.91 Å². The monoisotopic (exact) mass is 350 g/mol. The first kappa shape index (κ1) is 17.7. The molecule has 0 spiro atoms. The number of nitrogens with zero attached hydrogens (tertiary/aromatic N) is 1. The molecule has 1 unspecified atom stereocenters. The van der Waals surface area contributed by atoms with Crippen molar-refractivity contribution in [1.29, 1.82) is 0 Å². The van der Waals surface area contributed by atoms with E-state index in [4.69, 9.17) is 9.26 Å². The number of methoxy groups -OCH3 is 1. The Labute approximate surface area is 153 Å². The molecular formula is C21H22N2O3. The highest BCUT2D eigenvalue weighted by molar-refractivity contribution is 5.96. The average Bonchev–Trinajstić information content (AvgIpc) is 3.07. The Balaban J connectivity index is 1.95. The minimum atomic E-state index is -0.284. The van der Waals surface area contributed by atoms with Gasteiger partial charge in [0.1, 0.15) is 17.1 Å². The summed E-state index contributed by atoms with van der Waals surface area (Å²) in [7, 11) is 1.63. The van der Waals surface area contributed by atoms with E-state index >= 15 is 0 Å². The van der Waals surface area contributed by atoms with Gasteiger partial charge in [-0.15, -0.1) is 0 Å². The Morgan fingerprint density at radius 3 is 2.38 bits per heavy atom. The second-order valence-corrected chi connectivity index (χ2v) is 6.00. The number of nitrogens with one attached hydrogen (secondary N) is 1. The molecule has 5 heteroatoms. The van der Waals surface area contributed by atoms with Gasteiger partial charge in [0.15, 0.2) is 0 Å². The zero-order valence-electron chi connectivity index (χ0n) is 15.2. The van der Waals surface area contributed by atoms with E-state index in [1.807, 2.05) is 61.5 Å². The van der Waals surface area contributed by atoms with Gasteiger partial charge in [0, 0.05) is 0 Å². The van der Waals surface area contributed by atoms with Gasteiger partial charge in [-0.3, -0.25) is 4.79 Å². The van der Waals surface area contributed by atoms with E-state index in [0.717, 1.165) is 16.9 Å². The molecule has 26 heavy (non-hydrogen) atoms. The molecule has 0 aliphatic heterocycles. The Morgan fingerprint density at radius 1 is 1.12 bits per heavy atom. The lowest BCUT2D eigenvalue weighted by Gasteiger charge is -2.20. The smallest absolute Gasteiger partial charge is 0.257 e. The van der Waals surface area contributed by atoms with Crippen LogP contribution in [-0.4, -0.2) is 18.2 Å². The first-order valence-electron chi connectivity index (χ1n) is 8.59. The molecule has 1 N–H and O–H groups in total. The molecular weight excluding hydrogens is 328 g/mol. The normalized spacial score (nSPS) is 11.8. The van der Waals surface area contributed by atoms with E-state index in [0.29, 0.717) is 23.4 Å². The Hall–Kier alpha value is -3.08. The molecule has 0 bridgehead atoms.